The van der Waals surface area contributed by atoms with Crippen LogP contribution >= 0.6 is 0 Å². The van der Waals surface area contributed by atoms with E-state index in [-0.39, 0.29) is 0 Å². The highest BCUT2D eigenvalue weighted by atomic mass is 16.3. The molecule has 2 rings (SSSR count). The Bertz CT molecular complexity index is 433. The molecule has 3 heteroatoms. The molecule has 1 aromatic heterocycles. The summed E-state index contributed by atoms with van der Waals surface area (Å²) < 4.78 is 5.39. The molecule has 0 fully saturated rings. The minimum absolute atomic E-state index is 0.679. The summed E-state index contributed by atoms with van der Waals surface area (Å²) in [6.07, 6.45) is 0. The van der Waals surface area contributed by atoms with Crippen molar-refractivity contribution in [2.75, 3.05) is 0 Å². The maximum atomic E-state index is 5.65. The van der Waals surface area contributed by atoms with Crippen molar-refractivity contribution in [1.29, 1.82) is 0 Å². The molecule has 0 aliphatic heterocycles. The number of oxazole rings is 1. The summed E-state index contributed by atoms with van der Waals surface area (Å²) in [4.78, 5) is 4.19. The number of aromatic nitrogens is 1. The number of nitrogens with zero attached hydrogens (tertiary/aromatic N) is 1. The zero-order chi connectivity index (χ0) is 8.72. The van der Waals surface area contributed by atoms with Gasteiger partial charge in [-0.1, -0.05) is 11.5 Å². The Hall–Kier alpha value is -1.25. The van der Waals surface area contributed by atoms with Crippen LogP contribution in [0.5, 0.6) is 0 Å². The predicted molar refractivity (Wildman–Crippen MR) is 48.9 cm³/mol. The van der Waals surface area contributed by atoms with E-state index in [4.69, 9.17) is 12.3 Å². The van der Waals surface area contributed by atoms with E-state index in [1.165, 1.54) is 0 Å². The summed E-state index contributed by atoms with van der Waals surface area (Å²) in [5.41, 5.74) is 3.44. The van der Waals surface area contributed by atoms with Gasteiger partial charge < -0.3 is 4.42 Å². The maximum absolute atomic E-state index is 5.65. The summed E-state index contributed by atoms with van der Waals surface area (Å²) in [5, 5.41) is 0. The second-order valence-electron chi connectivity index (χ2n) is 2.92. The standard InChI is InChI=1S/C9H8BNO/c1-5-3-7(10)4-8-9(5)12-6(2)11-8/h3-4H,1-2H3. The highest BCUT2D eigenvalue weighted by Crippen LogP contribution is 2.17. The van der Waals surface area contributed by atoms with Crippen LogP contribution in [-0.2, 0) is 0 Å². The van der Waals surface area contributed by atoms with Gasteiger partial charge in [0.05, 0.1) is 0 Å². The lowest BCUT2D eigenvalue weighted by molar-refractivity contribution is 0.559. The molecule has 0 amide bonds. The van der Waals surface area contributed by atoms with Crippen molar-refractivity contribution in [2.45, 2.75) is 13.8 Å². The summed E-state index contributed by atoms with van der Waals surface area (Å²) in [5.74, 6) is 0.679. The van der Waals surface area contributed by atoms with Crippen LogP contribution in [0.3, 0.4) is 0 Å². The second-order valence-corrected chi connectivity index (χ2v) is 2.92. The fourth-order valence-corrected chi connectivity index (χ4v) is 1.34. The minimum Gasteiger partial charge on any atom is -0.441 e. The number of hydrogen-bond acceptors (Lipinski definition) is 2. The molecular formula is C9H8BNO. The molecule has 58 valence electrons. The van der Waals surface area contributed by atoms with Gasteiger partial charge in [-0.3, -0.25) is 0 Å². The molecule has 0 spiro atoms. The third kappa shape index (κ3) is 1.02. The smallest absolute Gasteiger partial charge is 0.192 e. The van der Waals surface area contributed by atoms with Crippen molar-refractivity contribution < 1.29 is 4.42 Å². The number of hydrogen-bond donors (Lipinski definition) is 0. The van der Waals surface area contributed by atoms with E-state index in [2.05, 4.69) is 4.98 Å². The molecule has 0 saturated carbocycles. The van der Waals surface area contributed by atoms with Crippen molar-refractivity contribution in [2.24, 2.45) is 0 Å². The molecule has 1 heterocycles. The monoisotopic (exact) mass is 157 g/mol. The van der Waals surface area contributed by atoms with Gasteiger partial charge in [0.15, 0.2) is 11.5 Å². The Labute approximate surface area is 72.0 Å². The lowest BCUT2D eigenvalue weighted by Gasteiger charge is -1.95. The van der Waals surface area contributed by atoms with Gasteiger partial charge in [0, 0.05) is 6.92 Å². The van der Waals surface area contributed by atoms with E-state index in [0.717, 1.165) is 22.1 Å². The van der Waals surface area contributed by atoms with Crippen LogP contribution in [0.4, 0.5) is 0 Å². The van der Waals surface area contributed by atoms with Gasteiger partial charge in [0.25, 0.3) is 0 Å². The van der Waals surface area contributed by atoms with Crippen molar-refractivity contribution in [1.82, 2.24) is 4.98 Å². The van der Waals surface area contributed by atoms with E-state index in [1.54, 1.807) is 0 Å². The Balaban J connectivity index is 2.88. The largest absolute Gasteiger partial charge is 0.441 e. The first kappa shape index (κ1) is 7.41. The Kier molecular flexibility index (Phi) is 1.46. The zero-order valence-corrected chi connectivity index (χ0v) is 7.09. The van der Waals surface area contributed by atoms with Crippen LogP contribution in [-0.4, -0.2) is 12.8 Å². The summed E-state index contributed by atoms with van der Waals surface area (Å²) in [7, 11) is 5.65. The highest BCUT2D eigenvalue weighted by Gasteiger charge is 2.04. The van der Waals surface area contributed by atoms with E-state index in [9.17, 15) is 0 Å². The van der Waals surface area contributed by atoms with Crippen molar-refractivity contribution in [3.05, 3.63) is 23.6 Å². The van der Waals surface area contributed by atoms with Gasteiger partial charge in [-0.2, -0.15) is 0 Å². The van der Waals surface area contributed by atoms with Crippen molar-refractivity contribution in [3.63, 3.8) is 0 Å². The van der Waals surface area contributed by atoms with Crippen LogP contribution in [0.1, 0.15) is 11.5 Å². The normalized spacial score (nSPS) is 10.8. The molecule has 0 aliphatic rings. The third-order valence-corrected chi connectivity index (χ3v) is 1.81. The number of rotatable bonds is 0. The van der Waals surface area contributed by atoms with E-state index >= 15 is 0 Å². The van der Waals surface area contributed by atoms with Crippen LogP contribution in [0.2, 0.25) is 0 Å². The molecule has 2 aromatic rings. The second kappa shape index (κ2) is 2.37. The Morgan fingerprint density at radius 3 is 2.83 bits per heavy atom. The quantitative estimate of drug-likeness (QED) is 0.537. The average molecular weight is 157 g/mol. The van der Waals surface area contributed by atoms with Gasteiger partial charge in [-0.15, -0.1) is 0 Å². The van der Waals surface area contributed by atoms with Crippen molar-refractivity contribution >= 4 is 24.4 Å². The topological polar surface area (TPSA) is 26.0 Å². The number of benzene rings is 1. The van der Waals surface area contributed by atoms with Crippen LogP contribution in [0.25, 0.3) is 11.1 Å². The van der Waals surface area contributed by atoms with E-state index < -0.39 is 0 Å². The van der Waals surface area contributed by atoms with Gasteiger partial charge in [0.2, 0.25) is 0 Å². The predicted octanol–water partition coefficient (Wildman–Crippen LogP) is 1.24. The minimum atomic E-state index is 0.679. The lowest BCUT2D eigenvalue weighted by atomic mass is 9.94. The van der Waals surface area contributed by atoms with Gasteiger partial charge in [-0.25, -0.2) is 4.98 Å². The van der Waals surface area contributed by atoms with E-state index in [0.29, 0.717) is 5.89 Å². The van der Waals surface area contributed by atoms with E-state index in [1.807, 2.05) is 26.0 Å². The Morgan fingerprint density at radius 2 is 2.08 bits per heavy atom. The van der Waals surface area contributed by atoms with Gasteiger partial charge in [-0.05, 0) is 18.6 Å². The molecular weight excluding hydrogens is 149 g/mol. The first-order chi connectivity index (χ1) is 5.66. The summed E-state index contributed by atoms with van der Waals surface area (Å²) in [6.45, 7) is 3.79. The molecule has 2 radical (unpaired) electrons. The third-order valence-electron chi connectivity index (χ3n) is 1.81. The number of aryl methyl sites for hydroxylation is 2. The summed E-state index contributed by atoms with van der Waals surface area (Å²) >= 11 is 0. The maximum Gasteiger partial charge on any atom is 0.192 e. The molecule has 0 aliphatic carbocycles. The first-order valence-electron chi connectivity index (χ1n) is 3.80. The van der Waals surface area contributed by atoms with Gasteiger partial charge >= 0.3 is 0 Å². The number of fused-ring (bicyclic) bond motifs is 1. The van der Waals surface area contributed by atoms with Crippen LogP contribution < -0.4 is 5.46 Å². The lowest BCUT2D eigenvalue weighted by Crippen LogP contribution is -2.01. The van der Waals surface area contributed by atoms with Gasteiger partial charge in [0.1, 0.15) is 13.4 Å². The fourth-order valence-electron chi connectivity index (χ4n) is 1.34. The Morgan fingerprint density at radius 1 is 1.33 bits per heavy atom. The zero-order valence-electron chi connectivity index (χ0n) is 7.09. The SMILES string of the molecule is [B]c1cc(C)c2oc(C)nc2c1. The molecule has 0 bridgehead atoms. The van der Waals surface area contributed by atoms with Crippen LogP contribution in [0.15, 0.2) is 16.5 Å². The van der Waals surface area contributed by atoms with Crippen LogP contribution in [0, 0.1) is 13.8 Å². The molecule has 0 atom stereocenters. The molecule has 1 aromatic carbocycles. The molecule has 0 saturated heterocycles. The van der Waals surface area contributed by atoms with Crippen molar-refractivity contribution in [3.8, 4) is 0 Å². The molecule has 2 nitrogen and oxygen atoms in total. The fraction of sp³-hybridized carbons (Fsp3) is 0.222. The average Bonchev–Trinajstić information content (AvgIpc) is 2.29. The molecule has 0 N–H and O–H groups in total. The highest BCUT2D eigenvalue weighted by molar-refractivity contribution is 6.33. The molecule has 0 unspecified atom stereocenters. The first-order valence-corrected chi connectivity index (χ1v) is 3.80. The molecule has 12 heavy (non-hydrogen) atoms. The summed E-state index contributed by atoms with van der Waals surface area (Å²) in [6, 6.07) is 3.70.